The highest BCUT2D eigenvalue weighted by atomic mass is 16.1. The summed E-state index contributed by atoms with van der Waals surface area (Å²) >= 11 is 0. The van der Waals surface area contributed by atoms with E-state index in [0.717, 1.165) is 13.0 Å². The van der Waals surface area contributed by atoms with E-state index in [1.54, 1.807) is 13.1 Å². The topological polar surface area (TPSA) is 38.1 Å². The summed E-state index contributed by atoms with van der Waals surface area (Å²) in [5.41, 5.74) is 0.710. The van der Waals surface area contributed by atoms with Gasteiger partial charge in [0.25, 0.3) is 0 Å². The van der Waals surface area contributed by atoms with Crippen molar-refractivity contribution >= 4 is 5.78 Å². The zero-order valence-electron chi connectivity index (χ0n) is 11.6. The van der Waals surface area contributed by atoms with Crippen molar-refractivity contribution in [1.29, 1.82) is 0 Å². The number of likely N-dealkylation sites (tertiary alicyclic amines) is 1. The van der Waals surface area contributed by atoms with Crippen LogP contribution in [-0.2, 0) is 6.54 Å². The Morgan fingerprint density at radius 1 is 1.56 bits per heavy atom. The molecule has 4 nitrogen and oxygen atoms in total. The third-order valence-corrected chi connectivity index (χ3v) is 3.82. The summed E-state index contributed by atoms with van der Waals surface area (Å²) in [5.74, 6) is 0.0888. The molecule has 0 unspecified atom stereocenters. The van der Waals surface area contributed by atoms with Gasteiger partial charge in [0.2, 0.25) is 0 Å². The highest BCUT2D eigenvalue weighted by Gasteiger charge is 2.25. The number of aromatic nitrogens is 2. The lowest BCUT2D eigenvalue weighted by atomic mass is 10.1. The smallest absolute Gasteiger partial charge is 0.162 e. The Labute approximate surface area is 109 Å². The molecule has 0 amide bonds. The summed E-state index contributed by atoms with van der Waals surface area (Å²) in [7, 11) is 0. The molecule has 1 aromatic heterocycles. The lowest BCUT2D eigenvalue weighted by molar-refractivity contribution is 0.101. The van der Waals surface area contributed by atoms with Crippen LogP contribution in [0, 0.1) is 0 Å². The van der Waals surface area contributed by atoms with Gasteiger partial charge in [-0.05, 0) is 46.6 Å². The van der Waals surface area contributed by atoms with Gasteiger partial charge in [0.05, 0.1) is 11.8 Å². The highest BCUT2D eigenvalue weighted by molar-refractivity contribution is 5.93. The van der Waals surface area contributed by atoms with Crippen LogP contribution in [0.1, 0.15) is 50.4 Å². The molecule has 1 aromatic rings. The highest BCUT2D eigenvalue weighted by Crippen LogP contribution is 2.22. The van der Waals surface area contributed by atoms with Crippen molar-refractivity contribution in [3.8, 4) is 0 Å². The van der Waals surface area contributed by atoms with Crippen LogP contribution in [0.15, 0.2) is 12.4 Å². The van der Waals surface area contributed by atoms with Crippen LogP contribution < -0.4 is 0 Å². The first kappa shape index (κ1) is 13.3. The first-order valence-electron chi connectivity index (χ1n) is 6.87. The quantitative estimate of drug-likeness (QED) is 0.752. The molecule has 0 saturated carbocycles. The van der Waals surface area contributed by atoms with Gasteiger partial charge >= 0.3 is 0 Å². The molecule has 0 spiro atoms. The van der Waals surface area contributed by atoms with Gasteiger partial charge < -0.3 is 0 Å². The summed E-state index contributed by atoms with van der Waals surface area (Å²) in [6, 6.07) is 1.30. The molecule has 0 aromatic carbocycles. The van der Waals surface area contributed by atoms with Crippen LogP contribution in [0.2, 0.25) is 0 Å². The molecule has 0 aliphatic carbocycles. The zero-order valence-corrected chi connectivity index (χ0v) is 11.6. The number of rotatable bonds is 5. The average molecular weight is 249 g/mol. The van der Waals surface area contributed by atoms with E-state index in [9.17, 15) is 4.79 Å². The van der Waals surface area contributed by atoms with E-state index in [-0.39, 0.29) is 5.78 Å². The van der Waals surface area contributed by atoms with Crippen LogP contribution in [0.4, 0.5) is 0 Å². The first-order chi connectivity index (χ1) is 8.58. The third kappa shape index (κ3) is 2.99. The van der Waals surface area contributed by atoms with E-state index < -0.39 is 0 Å². The van der Waals surface area contributed by atoms with E-state index in [4.69, 9.17) is 0 Å². The number of aryl methyl sites for hydroxylation is 1. The summed E-state index contributed by atoms with van der Waals surface area (Å²) in [5, 5.41) is 4.25. The summed E-state index contributed by atoms with van der Waals surface area (Å²) in [6.07, 6.45) is 7.24. The minimum Gasteiger partial charge on any atom is -0.298 e. The SMILES string of the molecule is CC(=O)c1cnn(CC[C@@H]2CCCN2C(C)C)c1. The van der Waals surface area contributed by atoms with Gasteiger partial charge in [0.1, 0.15) is 0 Å². The molecule has 1 saturated heterocycles. The Balaban J connectivity index is 1.88. The number of carbonyl (C=O) groups is 1. The second-order valence-electron chi connectivity index (χ2n) is 5.46. The Kier molecular flexibility index (Phi) is 4.17. The molecule has 2 rings (SSSR count). The fourth-order valence-electron chi connectivity index (χ4n) is 2.80. The minimum absolute atomic E-state index is 0.0888. The number of carbonyl (C=O) groups excluding carboxylic acids is 1. The van der Waals surface area contributed by atoms with Crippen molar-refractivity contribution in [1.82, 2.24) is 14.7 Å². The van der Waals surface area contributed by atoms with E-state index in [1.165, 1.54) is 19.4 Å². The number of nitrogens with zero attached hydrogens (tertiary/aromatic N) is 3. The fraction of sp³-hybridized carbons (Fsp3) is 0.714. The van der Waals surface area contributed by atoms with E-state index in [1.807, 2.05) is 10.9 Å². The van der Waals surface area contributed by atoms with Crippen molar-refractivity contribution in [3.05, 3.63) is 18.0 Å². The molecule has 4 heteroatoms. The standard InChI is InChI=1S/C14H23N3O/c1-11(2)17-7-4-5-14(17)6-8-16-10-13(9-15-16)12(3)18/h9-11,14H,4-8H2,1-3H3/t14-/m0/s1. The van der Waals surface area contributed by atoms with Gasteiger partial charge in [-0.25, -0.2) is 0 Å². The second kappa shape index (κ2) is 5.65. The Hall–Kier alpha value is -1.16. The molecule has 0 radical (unpaired) electrons. The molecule has 2 heterocycles. The zero-order chi connectivity index (χ0) is 13.1. The molecular formula is C14H23N3O. The van der Waals surface area contributed by atoms with Gasteiger partial charge in [-0.2, -0.15) is 5.10 Å². The molecule has 1 aliphatic heterocycles. The number of hydrogen-bond donors (Lipinski definition) is 0. The maximum absolute atomic E-state index is 11.2. The van der Waals surface area contributed by atoms with Gasteiger partial charge in [-0.3, -0.25) is 14.4 Å². The van der Waals surface area contributed by atoms with Gasteiger partial charge in [0, 0.05) is 24.8 Å². The second-order valence-corrected chi connectivity index (χ2v) is 5.46. The number of hydrogen-bond acceptors (Lipinski definition) is 3. The normalized spacial score (nSPS) is 20.8. The predicted octanol–water partition coefficient (Wildman–Crippen LogP) is 2.35. The summed E-state index contributed by atoms with van der Waals surface area (Å²) in [6.45, 7) is 8.24. The molecule has 0 bridgehead atoms. The molecule has 100 valence electrons. The molecule has 1 atom stereocenters. The number of Topliss-reactive ketones (excluding diaryl/α,β-unsaturated/α-hetero) is 1. The Morgan fingerprint density at radius 3 is 2.94 bits per heavy atom. The lowest BCUT2D eigenvalue weighted by Crippen LogP contribution is -2.36. The Bertz CT molecular complexity index is 411. The molecule has 1 fully saturated rings. The lowest BCUT2D eigenvalue weighted by Gasteiger charge is -2.28. The van der Waals surface area contributed by atoms with E-state index in [0.29, 0.717) is 17.6 Å². The van der Waals surface area contributed by atoms with Crippen LogP contribution in [0.5, 0.6) is 0 Å². The van der Waals surface area contributed by atoms with Gasteiger partial charge in [-0.1, -0.05) is 0 Å². The van der Waals surface area contributed by atoms with Crippen LogP contribution in [-0.4, -0.2) is 39.1 Å². The summed E-state index contributed by atoms with van der Waals surface area (Å²) < 4.78 is 1.90. The van der Waals surface area contributed by atoms with Crippen LogP contribution >= 0.6 is 0 Å². The Morgan fingerprint density at radius 2 is 2.33 bits per heavy atom. The van der Waals surface area contributed by atoms with E-state index in [2.05, 4.69) is 23.8 Å². The van der Waals surface area contributed by atoms with Crippen LogP contribution in [0.3, 0.4) is 0 Å². The van der Waals surface area contributed by atoms with Crippen molar-refractivity contribution in [2.45, 2.75) is 58.7 Å². The van der Waals surface area contributed by atoms with E-state index >= 15 is 0 Å². The largest absolute Gasteiger partial charge is 0.298 e. The minimum atomic E-state index is 0.0888. The fourth-order valence-corrected chi connectivity index (χ4v) is 2.80. The third-order valence-electron chi connectivity index (χ3n) is 3.82. The van der Waals surface area contributed by atoms with Crippen LogP contribution in [0.25, 0.3) is 0 Å². The van der Waals surface area contributed by atoms with Gasteiger partial charge in [-0.15, -0.1) is 0 Å². The van der Waals surface area contributed by atoms with Gasteiger partial charge in [0.15, 0.2) is 5.78 Å². The van der Waals surface area contributed by atoms with Crippen molar-refractivity contribution < 1.29 is 4.79 Å². The molecule has 1 aliphatic rings. The van der Waals surface area contributed by atoms with Crippen molar-refractivity contribution in [2.24, 2.45) is 0 Å². The molecule has 18 heavy (non-hydrogen) atoms. The molecule has 0 N–H and O–H groups in total. The maximum atomic E-state index is 11.2. The number of ketones is 1. The molecular weight excluding hydrogens is 226 g/mol. The first-order valence-corrected chi connectivity index (χ1v) is 6.87. The summed E-state index contributed by atoms with van der Waals surface area (Å²) in [4.78, 5) is 13.8. The maximum Gasteiger partial charge on any atom is 0.162 e. The monoisotopic (exact) mass is 249 g/mol. The predicted molar refractivity (Wildman–Crippen MR) is 71.7 cm³/mol. The average Bonchev–Trinajstić information content (AvgIpc) is 2.95. The van der Waals surface area contributed by atoms with Crippen molar-refractivity contribution in [2.75, 3.05) is 6.54 Å². The van der Waals surface area contributed by atoms with Crippen molar-refractivity contribution in [3.63, 3.8) is 0 Å².